The Bertz CT molecular complexity index is 1450. The lowest BCUT2D eigenvalue weighted by molar-refractivity contribution is -0.128. The summed E-state index contributed by atoms with van der Waals surface area (Å²) in [5.41, 5.74) is 10.5. The summed E-state index contributed by atoms with van der Waals surface area (Å²) in [7, 11) is 3.20. The zero-order chi connectivity index (χ0) is 30.0. The molecule has 11 nitrogen and oxygen atoms in total. The van der Waals surface area contributed by atoms with Gasteiger partial charge in [-0.3, -0.25) is 4.79 Å². The molecule has 1 aliphatic heterocycles. The lowest BCUT2D eigenvalue weighted by Crippen LogP contribution is -2.52. The van der Waals surface area contributed by atoms with E-state index in [4.69, 9.17) is 34.6 Å². The van der Waals surface area contributed by atoms with Gasteiger partial charge in [0.15, 0.2) is 5.54 Å². The lowest BCUT2D eigenvalue weighted by Gasteiger charge is -2.28. The maximum absolute atomic E-state index is 14.0. The maximum Gasteiger partial charge on any atom is 0.252 e. The Morgan fingerprint density at radius 3 is 2.57 bits per heavy atom. The van der Waals surface area contributed by atoms with Crippen molar-refractivity contribution >= 4 is 17.5 Å². The van der Waals surface area contributed by atoms with Gasteiger partial charge in [-0.15, -0.1) is 0 Å². The van der Waals surface area contributed by atoms with E-state index in [9.17, 15) is 4.79 Å². The predicted octanol–water partition coefficient (Wildman–Crippen LogP) is 4.91. The number of nitrogens with one attached hydrogen (secondary N) is 1. The summed E-state index contributed by atoms with van der Waals surface area (Å²) in [6.45, 7) is 2.59. The lowest BCUT2D eigenvalue weighted by atomic mass is 9.85. The van der Waals surface area contributed by atoms with Crippen molar-refractivity contribution in [1.29, 1.82) is 0 Å². The number of aliphatic hydroxyl groups is 1. The number of aliphatic hydroxyl groups excluding tert-OH is 1. The molecule has 1 amide bonds. The van der Waals surface area contributed by atoms with Gasteiger partial charge < -0.3 is 29.4 Å². The van der Waals surface area contributed by atoms with E-state index in [1.165, 1.54) is 0 Å². The monoisotopic (exact) mass is 573 g/mol. The second-order valence-corrected chi connectivity index (χ2v) is 9.73. The number of methoxy groups -OCH3 is 2. The first kappa shape index (κ1) is 30.2. The van der Waals surface area contributed by atoms with Crippen molar-refractivity contribution in [3.8, 4) is 17.2 Å². The number of aliphatic imine (C=N–C) groups is 1. The molecule has 0 unspecified atom stereocenters. The standard InChI is InChI=1S/C31H35N5O6/c1-21-31(20-24-7-4-5-8-27(24)35-36-32,30(38)33-16-15-23-19-26(39-2)13-14-28(23)40-3)34-29(42-21)22-9-11-25(12-10-22)41-18-6-17-37/h4-5,7-14,19,21,37H,6,15-18,20H2,1-3H3,(H,33,38)/t21-,31-/m1/s1. The first-order valence-electron chi connectivity index (χ1n) is 13.7. The zero-order valence-corrected chi connectivity index (χ0v) is 23.9. The van der Waals surface area contributed by atoms with E-state index >= 15 is 0 Å². The second kappa shape index (κ2) is 14.2. The number of benzene rings is 3. The van der Waals surface area contributed by atoms with E-state index in [2.05, 4.69) is 15.3 Å². The number of amides is 1. The minimum atomic E-state index is -1.33. The Morgan fingerprint density at radius 2 is 1.86 bits per heavy atom. The van der Waals surface area contributed by atoms with E-state index in [1.807, 2.05) is 49.4 Å². The van der Waals surface area contributed by atoms with Crippen molar-refractivity contribution in [2.75, 3.05) is 34.0 Å². The van der Waals surface area contributed by atoms with Crippen LogP contribution < -0.4 is 19.5 Å². The predicted molar refractivity (Wildman–Crippen MR) is 159 cm³/mol. The van der Waals surface area contributed by atoms with Crippen LogP contribution in [0.2, 0.25) is 0 Å². The van der Waals surface area contributed by atoms with E-state index in [0.717, 1.165) is 5.56 Å². The summed E-state index contributed by atoms with van der Waals surface area (Å²) in [6, 6.07) is 19.9. The van der Waals surface area contributed by atoms with Crippen LogP contribution >= 0.6 is 0 Å². The highest BCUT2D eigenvalue weighted by Gasteiger charge is 2.50. The largest absolute Gasteiger partial charge is 0.497 e. The van der Waals surface area contributed by atoms with Crippen LogP contribution in [0.3, 0.4) is 0 Å². The van der Waals surface area contributed by atoms with E-state index in [-0.39, 0.29) is 18.9 Å². The normalized spacial score (nSPS) is 17.4. The van der Waals surface area contributed by atoms with Crippen molar-refractivity contribution in [2.45, 2.75) is 37.8 Å². The van der Waals surface area contributed by atoms with Gasteiger partial charge in [-0.1, -0.05) is 29.4 Å². The van der Waals surface area contributed by atoms with Crippen LogP contribution in [-0.2, 0) is 22.4 Å². The van der Waals surface area contributed by atoms with Crippen LogP contribution in [0.5, 0.6) is 17.2 Å². The van der Waals surface area contributed by atoms with Crippen molar-refractivity contribution < 1.29 is 28.8 Å². The molecular formula is C31H35N5O6. The maximum atomic E-state index is 14.0. The number of hydrogen-bond acceptors (Lipinski definition) is 8. The number of ether oxygens (including phenoxy) is 4. The Labute approximate surface area is 244 Å². The number of carbonyl (C=O) groups excluding carboxylic acids is 1. The molecule has 3 aromatic rings. The summed E-state index contributed by atoms with van der Waals surface area (Å²) >= 11 is 0. The summed E-state index contributed by atoms with van der Waals surface area (Å²) in [4.78, 5) is 21.8. The highest BCUT2D eigenvalue weighted by molar-refractivity contribution is 6.01. The Morgan fingerprint density at radius 1 is 1.10 bits per heavy atom. The summed E-state index contributed by atoms with van der Waals surface area (Å²) < 4.78 is 22.7. The SMILES string of the molecule is COc1ccc(OC)c(CCNC(=O)[C@]2(Cc3ccccc3N=[N+]=[N-])N=C(c3ccc(OCCCO)cc3)O[C@@H]2C)c1. The van der Waals surface area contributed by atoms with Gasteiger partial charge in [0.05, 0.1) is 20.8 Å². The molecule has 2 atom stereocenters. The molecule has 0 saturated heterocycles. The summed E-state index contributed by atoms with van der Waals surface area (Å²) in [5.74, 6) is 2.06. The molecular weight excluding hydrogens is 538 g/mol. The van der Waals surface area contributed by atoms with Crippen molar-refractivity contribution in [3.05, 3.63) is 93.9 Å². The molecule has 0 bridgehead atoms. The molecule has 220 valence electrons. The molecule has 3 aromatic carbocycles. The van der Waals surface area contributed by atoms with Crippen molar-refractivity contribution in [2.24, 2.45) is 10.1 Å². The fourth-order valence-electron chi connectivity index (χ4n) is 4.78. The summed E-state index contributed by atoms with van der Waals surface area (Å²) in [5, 5.41) is 15.9. The first-order valence-corrected chi connectivity index (χ1v) is 13.7. The van der Waals surface area contributed by atoms with E-state index < -0.39 is 11.6 Å². The number of rotatable bonds is 14. The molecule has 4 rings (SSSR count). The minimum Gasteiger partial charge on any atom is -0.497 e. The van der Waals surface area contributed by atoms with Gasteiger partial charge in [0.25, 0.3) is 5.91 Å². The molecule has 1 aliphatic rings. The number of hydrogen-bond donors (Lipinski definition) is 2. The van der Waals surface area contributed by atoms with Gasteiger partial charge in [-0.05, 0) is 72.5 Å². The van der Waals surface area contributed by atoms with Crippen LogP contribution in [0, 0.1) is 0 Å². The number of carbonyl (C=O) groups is 1. The van der Waals surface area contributed by atoms with Crippen molar-refractivity contribution in [1.82, 2.24) is 5.32 Å². The fourth-order valence-corrected chi connectivity index (χ4v) is 4.78. The van der Waals surface area contributed by atoms with Crippen LogP contribution in [0.4, 0.5) is 5.69 Å². The van der Waals surface area contributed by atoms with Gasteiger partial charge in [-0.2, -0.15) is 0 Å². The van der Waals surface area contributed by atoms with Gasteiger partial charge in [0.1, 0.15) is 23.4 Å². The molecule has 0 fully saturated rings. The smallest absolute Gasteiger partial charge is 0.252 e. The third-order valence-corrected chi connectivity index (χ3v) is 7.10. The minimum absolute atomic E-state index is 0.0562. The van der Waals surface area contributed by atoms with E-state index in [1.54, 1.807) is 38.5 Å². The quantitative estimate of drug-likeness (QED) is 0.121. The molecule has 1 heterocycles. The van der Waals surface area contributed by atoms with Gasteiger partial charge >= 0.3 is 0 Å². The highest BCUT2D eigenvalue weighted by atomic mass is 16.5. The molecule has 42 heavy (non-hydrogen) atoms. The van der Waals surface area contributed by atoms with Crippen LogP contribution in [0.25, 0.3) is 10.4 Å². The van der Waals surface area contributed by atoms with Gasteiger partial charge in [0, 0.05) is 42.2 Å². The molecule has 2 N–H and O–H groups in total. The van der Waals surface area contributed by atoms with Crippen LogP contribution in [-0.4, -0.2) is 62.5 Å². The van der Waals surface area contributed by atoms with Crippen LogP contribution in [0.1, 0.15) is 30.0 Å². The first-order chi connectivity index (χ1) is 20.4. The summed E-state index contributed by atoms with van der Waals surface area (Å²) in [6.07, 6.45) is 0.567. The third-order valence-electron chi connectivity index (χ3n) is 7.10. The Kier molecular flexibility index (Phi) is 10.3. The third kappa shape index (κ3) is 6.94. The molecule has 0 aromatic heterocycles. The number of azide groups is 1. The average Bonchev–Trinajstić information content (AvgIpc) is 3.35. The highest BCUT2D eigenvalue weighted by Crippen LogP contribution is 2.35. The molecule has 0 aliphatic carbocycles. The van der Waals surface area contributed by atoms with E-state index in [0.29, 0.717) is 66.0 Å². The Hall–Kier alpha value is -4.73. The van der Waals surface area contributed by atoms with Gasteiger partial charge in [-0.25, -0.2) is 4.99 Å². The van der Waals surface area contributed by atoms with Crippen molar-refractivity contribution in [3.63, 3.8) is 0 Å². The molecule has 11 heteroatoms. The fraction of sp³-hybridized carbons (Fsp3) is 0.355. The van der Waals surface area contributed by atoms with Gasteiger partial charge in [0.2, 0.25) is 5.90 Å². The average molecular weight is 574 g/mol. The second-order valence-electron chi connectivity index (χ2n) is 9.73. The molecule has 0 spiro atoms. The molecule has 0 radical (unpaired) electrons. The zero-order valence-electron chi connectivity index (χ0n) is 23.9. The van der Waals surface area contributed by atoms with Crippen LogP contribution in [0.15, 0.2) is 76.8 Å². The number of nitrogens with zero attached hydrogens (tertiary/aromatic N) is 4. The molecule has 0 saturated carbocycles. The topological polar surface area (TPSA) is 147 Å². The Balaban J connectivity index is 1.62.